The van der Waals surface area contributed by atoms with Gasteiger partial charge in [-0.3, -0.25) is 0 Å². The Morgan fingerprint density at radius 2 is 1.93 bits per heavy atom. The fourth-order valence-electron chi connectivity index (χ4n) is 1.08. The van der Waals surface area contributed by atoms with Crippen molar-refractivity contribution in [3.05, 3.63) is 42.2 Å². The third kappa shape index (κ3) is 2.14. The van der Waals surface area contributed by atoms with Crippen molar-refractivity contribution in [2.45, 2.75) is 13.2 Å². The van der Waals surface area contributed by atoms with E-state index < -0.39 is 0 Å². The summed E-state index contributed by atoms with van der Waals surface area (Å²) < 4.78 is 1.74. The Morgan fingerprint density at radius 3 is 2.50 bits per heavy atom. The molecule has 0 saturated carbocycles. The molecule has 0 fully saturated rings. The molecule has 0 radical (unpaired) electrons. The predicted octanol–water partition coefficient (Wildman–Crippen LogP) is 2.33. The molecule has 0 N–H and O–H groups in total. The lowest BCUT2D eigenvalue weighted by Crippen LogP contribution is -1.93. The van der Waals surface area contributed by atoms with Gasteiger partial charge < -0.3 is 0 Å². The maximum absolute atomic E-state index is 4.12. The van der Waals surface area contributed by atoms with Crippen molar-refractivity contribution >= 4 is 12.6 Å². The number of aromatic nitrogens is 3. The van der Waals surface area contributed by atoms with Crippen molar-refractivity contribution in [3.63, 3.8) is 0 Å². The van der Waals surface area contributed by atoms with E-state index in [9.17, 15) is 0 Å². The Morgan fingerprint density at radius 1 is 1.21 bits per heavy atom. The highest BCUT2D eigenvalue weighted by Crippen LogP contribution is 2.06. The van der Waals surface area contributed by atoms with Crippen LogP contribution >= 0.6 is 12.6 Å². The van der Waals surface area contributed by atoms with Crippen LogP contribution in [0.1, 0.15) is 13.1 Å². The van der Waals surface area contributed by atoms with Crippen LogP contribution in [0.4, 0.5) is 0 Å². The van der Waals surface area contributed by atoms with Crippen molar-refractivity contribution in [1.29, 1.82) is 0 Å². The van der Waals surface area contributed by atoms with Crippen molar-refractivity contribution in [1.82, 2.24) is 15.0 Å². The molecule has 0 aliphatic heterocycles. The molecule has 0 aliphatic rings. The van der Waals surface area contributed by atoms with Crippen LogP contribution in [-0.4, -0.2) is 15.0 Å². The Hall–Kier alpha value is -1.29. The van der Waals surface area contributed by atoms with Crippen LogP contribution in [0, 0.1) is 0 Å². The van der Waals surface area contributed by atoms with Crippen molar-refractivity contribution in [3.8, 4) is 5.69 Å². The van der Waals surface area contributed by atoms with Gasteiger partial charge in [-0.05, 0) is 12.1 Å². The van der Waals surface area contributed by atoms with E-state index in [1.807, 2.05) is 36.5 Å². The number of para-hydroxylation sites is 1. The third-order valence-electron chi connectivity index (χ3n) is 1.72. The minimum atomic E-state index is 0. The molecule has 3 nitrogen and oxygen atoms in total. The number of benzene rings is 1. The lowest BCUT2D eigenvalue weighted by Gasteiger charge is -1.96. The van der Waals surface area contributed by atoms with Gasteiger partial charge in [-0.1, -0.05) is 30.8 Å². The van der Waals surface area contributed by atoms with E-state index in [1.54, 1.807) is 4.68 Å². The number of thiol groups is 1. The molecule has 0 unspecified atom stereocenters. The molecule has 2 rings (SSSR count). The van der Waals surface area contributed by atoms with Gasteiger partial charge in [-0.25, -0.2) is 4.68 Å². The molecular formula is C10H13N3S. The first-order chi connectivity index (χ1) is 6.40. The zero-order valence-corrected chi connectivity index (χ0v) is 7.85. The van der Waals surface area contributed by atoms with Crippen molar-refractivity contribution in [2.24, 2.45) is 0 Å². The molecule has 74 valence electrons. The quantitative estimate of drug-likeness (QED) is 0.766. The molecule has 0 bridgehead atoms. The first kappa shape index (κ1) is 10.8. The maximum atomic E-state index is 4.12. The van der Waals surface area contributed by atoms with Crippen LogP contribution in [0.15, 0.2) is 36.5 Å². The zero-order chi connectivity index (χ0) is 9.10. The van der Waals surface area contributed by atoms with Crippen LogP contribution in [0.5, 0.6) is 0 Å². The highest BCUT2D eigenvalue weighted by atomic mass is 32.1. The summed E-state index contributed by atoms with van der Waals surface area (Å²) in [5.41, 5.74) is 1.90. The molecular weight excluding hydrogens is 194 g/mol. The molecule has 1 heterocycles. The third-order valence-corrected chi connectivity index (χ3v) is 2.05. The molecule has 2 aromatic rings. The normalized spacial score (nSPS) is 9.50. The summed E-state index contributed by atoms with van der Waals surface area (Å²) in [5.74, 6) is 0.618. The van der Waals surface area contributed by atoms with Gasteiger partial charge in [0.25, 0.3) is 0 Å². The van der Waals surface area contributed by atoms with Crippen LogP contribution in [-0.2, 0) is 5.75 Å². The maximum Gasteiger partial charge on any atom is 0.0927 e. The van der Waals surface area contributed by atoms with E-state index in [0.717, 1.165) is 11.4 Å². The molecule has 0 saturated heterocycles. The highest BCUT2D eigenvalue weighted by molar-refractivity contribution is 7.79. The van der Waals surface area contributed by atoms with Gasteiger partial charge in [0.15, 0.2) is 0 Å². The zero-order valence-electron chi connectivity index (χ0n) is 6.96. The van der Waals surface area contributed by atoms with Gasteiger partial charge in [0.05, 0.1) is 17.6 Å². The molecule has 0 atom stereocenters. The first-order valence-electron chi connectivity index (χ1n) is 3.97. The topological polar surface area (TPSA) is 30.7 Å². The average Bonchev–Trinajstić information content (AvgIpc) is 2.67. The standard InChI is InChI=1S/C9H9N3S.CH4/c13-7-8-6-12(11-10-8)9-4-2-1-3-5-9;/h1-6,13H,7H2;1H4. The second-order valence-corrected chi connectivity index (χ2v) is 2.96. The molecule has 0 amide bonds. The summed E-state index contributed by atoms with van der Waals surface area (Å²) in [5, 5.41) is 7.92. The Bertz CT molecular complexity index is 383. The molecule has 1 aromatic carbocycles. The molecule has 4 heteroatoms. The summed E-state index contributed by atoms with van der Waals surface area (Å²) in [4.78, 5) is 0. The van der Waals surface area contributed by atoms with Crippen LogP contribution in [0.3, 0.4) is 0 Å². The van der Waals surface area contributed by atoms with Crippen LogP contribution < -0.4 is 0 Å². The smallest absolute Gasteiger partial charge is 0.0927 e. The van der Waals surface area contributed by atoms with E-state index >= 15 is 0 Å². The molecule has 0 aliphatic carbocycles. The van der Waals surface area contributed by atoms with Gasteiger partial charge in [0.1, 0.15) is 0 Å². The van der Waals surface area contributed by atoms with Crippen LogP contribution in [0.25, 0.3) is 5.69 Å². The van der Waals surface area contributed by atoms with Gasteiger partial charge in [0.2, 0.25) is 0 Å². The van der Waals surface area contributed by atoms with Crippen molar-refractivity contribution in [2.75, 3.05) is 0 Å². The van der Waals surface area contributed by atoms with Gasteiger partial charge in [-0.2, -0.15) is 12.6 Å². The van der Waals surface area contributed by atoms with Gasteiger partial charge >= 0.3 is 0 Å². The monoisotopic (exact) mass is 207 g/mol. The second kappa shape index (κ2) is 4.81. The van der Waals surface area contributed by atoms with E-state index in [1.165, 1.54) is 0 Å². The second-order valence-electron chi connectivity index (χ2n) is 2.65. The van der Waals surface area contributed by atoms with E-state index in [-0.39, 0.29) is 7.43 Å². The number of hydrogen-bond acceptors (Lipinski definition) is 3. The minimum Gasteiger partial charge on any atom is -0.220 e. The Kier molecular flexibility index (Phi) is 3.71. The SMILES string of the molecule is C.SCc1cn(-c2ccccc2)nn1. The highest BCUT2D eigenvalue weighted by Gasteiger charge is 1.99. The Balaban J connectivity index is 0.000000980. The van der Waals surface area contributed by atoms with Gasteiger partial charge in [-0.15, -0.1) is 5.10 Å². The fraction of sp³-hybridized carbons (Fsp3) is 0.200. The molecule has 1 aromatic heterocycles. The lowest BCUT2D eigenvalue weighted by atomic mass is 10.3. The summed E-state index contributed by atoms with van der Waals surface area (Å²) >= 11 is 4.12. The van der Waals surface area contributed by atoms with E-state index in [2.05, 4.69) is 22.9 Å². The lowest BCUT2D eigenvalue weighted by molar-refractivity contribution is 0.800. The summed E-state index contributed by atoms with van der Waals surface area (Å²) in [6.45, 7) is 0. The largest absolute Gasteiger partial charge is 0.220 e. The minimum absolute atomic E-state index is 0. The van der Waals surface area contributed by atoms with E-state index in [0.29, 0.717) is 5.75 Å². The molecule has 0 spiro atoms. The summed E-state index contributed by atoms with van der Waals surface area (Å²) in [7, 11) is 0. The fourth-order valence-corrected chi connectivity index (χ4v) is 1.22. The number of nitrogens with zero attached hydrogens (tertiary/aromatic N) is 3. The van der Waals surface area contributed by atoms with E-state index in [4.69, 9.17) is 0 Å². The Labute approximate surface area is 89.2 Å². The average molecular weight is 207 g/mol. The first-order valence-corrected chi connectivity index (χ1v) is 4.61. The number of rotatable bonds is 2. The molecule has 14 heavy (non-hydrogen) atoms. The summed E-state index contributed by atoms with van der Waals surface area (Å²) in [6, 6.07) is 9.88. The van der Waals surface area contributed by atoms with Gasteiger partial charge in [0, 0.05) is 5.75 Å². The predicted molar refractivity (Wildman–Crippen MR) is 60.8 cm³/mol. The van der Waals surface area contributed by atoms with Crippen molar-refractivity contribution < 1.29 is 0 Å². The number of hydrogen-bond donors (Lipinski definition) is 1. The van der Waals surface area contributed by atoms with Crippen LogP contribution in [0.2, 0.25) is 0 Å². The summed E-state index contributed by atoms with van der Waals surface area (Å²) in [6.07, 6.45) is 1.88.